The van der Waals surface area contributed by atoms with Gasteiger partial charge in [0.1, 0.15) is 9.75 Å². The van der Waals surface area contributed by atoms with Gasteiger partial charge in [-0.1, -0.05) is 60.7 Å². The van der Waals surface area contributed by atoms with Crippen molar-refractivity contribution in [2.24, 2.45) is 0 Å². The number of carbonyl (C=O) groups is 2. The minimum absolute atomic E-state index is 0.133. The zero-order chi connectivity index (χ0) is 17.8. The van der Waals surface area contributed by atoms with E-state index >= 15 is 0 Å². The molecule has 0 saturated carbocycles. The van der Waals surface area contributed by atoms with Crippen LogP contribution in [0.25, 0.3) is 22.3 Å². The number of rotatable bonds is 5. The van der Waals surface area contributed by atoms with Gasteiger partial charge in [-0.2, -0.15) is 0 Å². The second-order valence-electron chi connectivity index (χ2n) is 5.27. The number of esters is 1. The largest absolute Gasteiger partial charge is 0.477 e. The van der Waals surface area contributed by atoms with Crippen molar-refractivity contribution in [2.75, 3.05) is 6.61 Å². The van der Waals surface area contributed by atoms with Gasteiger partial charge in [-0.25, -0.2) is 9.59 Å². The van der Waals surface area contributed by atoms with Crippen LogP contribution < -0.4 is 0 Å². The summed E-state index contributed by atoms with van der Waals surface area (Å²) >= 11 is 0.958. The molecule has 0 radical (unpaired) electrons. The van der Waals surface area contributed by atoms with E-state index in [2.05, 4.69) is 0 Å². The number of hydrogen-bond acceptors (Lipinski definition) is 4. The number of thiophene rings is 1. The fourth-order valence-corrected chi connectivity index (χ4v) is 3.76. The van der Waals surface area contributed by atoms with E-state index in [4.69, 9.17) is 4.74 Å². The summed E-state index contributed by atoms with van der Waals surface area (Å²) in [5.41, 5.74) is 2.69. The monoisotopic (exact) mass is 352 g/mol. The predicted octanol–water partition coefficient (Wildman–Crippen LogP) is 4.96. The molecular weight excluding hydrogens is 336 g/mol. The van der Waals surface area contributed by atoms with E-state index in [1.165, 1.54) is 0 Å². The van der Waals surface area contributed by atoms with Crippen LogP contribution in [0, 0.1) is 0 Å². The van der Waals surface area contributed by atoms with Crippen molar-refractivity contribution in [3.8, 4) is 22.3 Å². The normalized spacial score (nSPS) is 10.4. The van der Waals surface area contributed by atoms with Gasteiger partial charge in [-0.3, -0.25) is 0 Å². The van der Waals surface area contributed by atoms with E-state index in [0.717, 1.165) is 22.5 Å². The molecule has 0 unspecified atom stereocenters. The highest BCUT2D eigenvalue weighted by molar-refractivity contribution is 7.17. The summed E-state index contributed by atoms with van der Waals surface area (Å²) < 4.78 is 5.15. The third-order valence-corrected chi connectivity index (χ3v) is 4.85. The summed E-state index contributed by atoms with van der Waals surface area (Å²) in [7, 11) is 0. The molecule has 0 bridgehead atoms. The van der Waals surface area contributed by atoms with E-state index in [1.807, 2.05) is 60.7 Å². The van der Waals surface area contributed by atoms with Gasteiger partial charge >= 0.3 is 11.9 Å². The first kappa shape index (κ1) is 16.9. The van der Waals surface area contributed by atoms with E-state index in [-0.39, 0.29) is 11.5 Å². The van der Waals surface area contributed by atoms with Crippen LogP contribution in [0.2, 0.25) is 0 Å². The molecule has 1 N–H and O–H groups in total. The molecule has 3 rings (SSSR count). The fourth-order valence-electron chi connectivity index (χ4n) is 2.68. The zero-order valence-corrected chi connectivity index (χ0v) is 14.4. The van der Waals surface area contributed by atoms with Gasteiger partial charge in [-0.05, 0) is 18.1 Å². The molecule has 0 fully saturated rings. The smallest absolute Gasteiger partial charge is 0.348 e. The molecule has 2 aromatic carbocycles. The van der Waals surface area contributed by atoms with Crippen molar-refractivity contribution in [3.05, 3.63) is 70.4 Å². The Balaban J connectivity index is 2.35. The van der Waals surface area contributed by atoms with Crippen LogP contribution >= 0.6 is 11.3 Å². The van der Waals surface area contributed by atoms with Gasteiger partial charge in [-0.15, -0.1) is 11.3 Å². The van der Waals surface area contributed by atoms with E-state index < -0.39 is 11.9 Å². The Morgan fingerprint density at radius 1 is 0.880 bits per heavy atom. The average Bonchev–Trinajstić information content (AvgIpc) is 3.04. The Morgan fingerprint density at radius 2 is 1.36 bits per heavy atom. The van der Waals surface area contributed by atoms with Crippen molar-refractivity contribution < 1.29 is 19.4 Å². The third-order valence-electron chi connectivity index (χ3n) is 3.69. The number of benzene rings is 2. The molecule has 1 aromatic heterocycles. The van der Waals surface area contributed by atoms with E-state index in [1.54, 1.807) is 6.92 Å². The molecule has 0 aliphatic heterocycles. The molecule has 0 saturated heterocycles. The molecule has 0 atom stereocenters. The van der Waals surface area contributed by atoms with Gasteiger partial charge in [0.25, 0.3) is 0 Å². The Kier molecular flexibility index (Phi) is 4.95. The maximum atomic E-state index is 12.5. The summed E-state index contributed by atoms with van der Waals surface area (Å²) in [6, 6.07) is 18.6. The molecule has 0 aliphatic carbocycles. The van der Waals surface area contributed by atoms with E-state index in [9.17, 15) is 14.7 Å². The summed E-state index contributed by atoms with van der Waals surface area (Å²) in [5.74, 6) is -1.56. The molecule has 0 aliphatic rings. The first-order valence-electron chi connectivity index (χ1n) is 7.81. The lowest BCUT2D eigenvalue weighted by Gasteiger charge is -2.09. The van der Waals surface area contributed by atoms with Crippen LogP contribution in [0.15, 0.2) is 60.7 Å². The summed E-state index contributed by atoms with van der Waals surface area (Å²) in [5, 5.41) is 9.68. The molecule has 25 heavy (non-hydrogen) atoms. The van der Waals surface area contributed by atoms with Gasteiger partial charge in [0.2, 0.25) is 0 Å². The first-order chi connectivity index (χ1) is 12.1. The second kappa shape index (κ2) is 7.32. The minimum Gasteiger partial charge on any atom is -0.477 e. The van der Waals surface area contributed by atoms with Crippen LogP contribution in [-0.2, 0) is 4.74 Å². The molecule has 5 heteroatoms. The highest BCUT2D eigenvalue weighted by Crippen LogP contribution is 2.43. The number of hydrogen-bond donors (Lipinski definition) is 1. The number of ether oxygens (including phenoxy) is 1. The van der Waals surface area contributed by atoms with Crippen molar-refractivity contribution in [3.63, 3.8) is 0 Å². The number of carbonyl (C=O) groups excluding carboxylic acids is 1. The van der Waals surface area contributed by atoms with Crippen molar-refractivity contribution >= 4 is 23.3 Å². The lowest BCUT2D eigenvalue weighted by Crippen LogP contribution is -2.03. The minimum atomic E-state index is -1.06. The lowest BCUT2D eigenvalue weighted by atomic mass is 9.94. The standard InChI is InChI=1S/C20H16O4S/c1-2-24-20(23)18-16(14-11-7-4-8-12-14)15(17(25-18)19(21)22)13-9-5-3-6-10-13/h3-12H,2H2,1H3,(H,21,22). The number of carboxylic acids is 1. The van der Waals surface area contributed by atoms with Gasteiger partial charge < -0.3 is 9.84 Å². The highest BCUT2D eigenvalue weighted by Gasteiger charge is 2.28. The first-order valence-corrected chi connectivity index (χ1v) is 8.63. The summed E-state index contributed by atoms with van der Waals surface area (Å²) in [6.07, 6.45) is 0. The Bertz CT molecular complexity index is 898. The van der Waals surface area contributed by atoms with E-state index in [0.29, 0.717) is 16.0 Å². The average molecular weight is 352 g/mol. The van der Waals surface area contributed by atoms with Gasteiger partial charge in [0, 0.05) is 11.1 Å². The molecule has 1 heterocycles. The summed E-state index contributed by atoms with van der Waals surface area (Å²) in [4.78, 5) is 24.7. The number of carboxylic acid groups (broad SMARTS) is 1. The van der Waals surface area contributed by atoms with Crippen LogP contribution in [0.3, 0.4) is 0 Å². The van der Waals surface area contributed by atoms with Crippen LogP contribution in [-0.4, -0.2) is 23.7 Å². The van der Waals surface area contributed by atoms with Crippen LogP contribution in [0.1, 0.15) is 26.3 Å². The van der Waals surface area contributed by atoms with Crippen LogP contribution in [0.5, 0.6) is 0 Å². The summed E-state index contributed by atoms with van der Waals surface area (Å²) in [6.45, 7) is 1.96. The molecule has 4 nitrogen and oxygen atoms in total. The quantitative estimate of drug-likeness (QED) is 0.659. The Labute approximate surface area is 149 Å². The van der Waals surface area contributed by atoms with Gasteiger partial charge in [0.05, 0.1) is 6.61 Å². The molecule has 3 aromatic rings. The lowest BCUT2D eigenvalue weighted by molar-refractivity contribution is 0.0532. The topological polar surface area (TPSA) is 63.6 Å². The van der Waals surface area contributed by atoms with Crippen LogP contribution in [0.4, 0.5) is 0 Å². The number of aromatic carboxylic acids is 1. The maximum Gasteiger partial charge on any atom is 0.348 e. The SMILES string of the molecule is CCOC(=O)c1sc(C(=O)O)c(-c2ccccc2)c1-c1ccccc1. The fraction of sp³-hybridized carbons (Fsp3) is 0.100. The zero-order valence-electron chi connectivity index (χ0n) is 13.6. The Morgan fingerprint density at radius 3 is 1.80 bits per heavy atom. The highest BCUT2D eigenvalue weighted by atomic mass is 32.1. The van der Waals surface area contributed by atoms with Crippen molar-refractivity contribution in [1.82, 2.24) is 0 Å². The molecular formula is C20H16O4S. The molecule has 0 spiro atoms. The second-order valence-corrected chi connectivity index (χ2v) is 6.29. The Hall–Kier alpha value is -2.92. The van der Waals surface area contributed by atoms with Gasteiger partial charge in [0.15, 0.2) is 0 Å². The maximum absolute atomic E-state index is 12.5. The van der Waals surface area contributed by atoms with Crippen molar-refractivity contribution in [2.45, 2.75) is 6.92 Å². The molecule has 0 amide bonds. The van der Waals surface area contributed by atoms with Crippen molar-refractivity contribution in [1.29, 1.82) is 0 Å². The third kappa shape index (κ3) is 3.32. The molecule has 126 valence electrons. The predicted molar refractivity (Wildman–Crippen MR) is 98.1 cm³/mol.